The van der Waals surface area contributed by atoms with Gasteiger partial charge in [-0.1, -0.05) is 17.7 Å². The SMILES string of the molecule is Cc1ccc(S(=O)(=O)N2CCC(c3nc(C)cc(C)n3)C2)cc1. The predicted molar refractivity (Wildman–Crippen MR) is 88.8 cm³/mol. The van der Waals surface area contributed by atoms with Crippen molar-refractivity contribution in [2.45, 2.75) is 38.0 Å². The predicted octanol–water partition coefficient (Wildman–Crippen LogP) is 2.58. The van der Waals surface area contributed by atoms with Crippen LogP contribution in [0, 0.1) is 20.8 Å². The van der Waals surface area contributed by atoms with Crippen molar-refractivity contribution in [2.75, 3.05) is 13.1 Å². The third-order valence-corrected chi connectivity index (χ3v) is 6.05. The van der Waals surface area contributed by atoms with E-state index in [1.54, 1.807) is 16.4 Å². The van der Waals surface area contributed by atoms with Crippen LogP contribution in [0.3, 0.4) is 0 Å². The summed E-state index contributed by atoms with van der Waals surface area (Å²) in [5.41, 5.74) is 2.89. The topological polar surface area (TPSA) is 63.2 Å². The maximum Gasteiger partial charge on any atom is 0.243 e. The molecule has 1 aromatic carbocycles. The van der Waals surface area contributed by atoms with Gasteiger partial charge >= 0.3 is 0 Å². The molecule has 1 aliphatic heterocycles. The molecule has 6 heteroatoms. The lowest BCUT2D eigenvalue weighted by molar-refractivity contribution is 0.471. The van der Waals surface area contributed by atoms with Crippen LogP contribution in [0.1, 0.15) is 35.1 Å². The second-order valence-corrected chi connectivity index (χ2v) is 8.11. The number of aryl methyl sites for hydroxylation is 3. The van der Waals surface area contributed by atoms with Gasteiger partial charge in [0.15, 0.2) is 0 Å². The fourth-order valence-electron chi connectivity index (χ4n) is 2.95. The van der Waals surface area contributed by atoms with Crippen LogP contribution in [0.4, 0.5) is 0 Å². The number of benzene rings is 1. The zero-order valence-electron chi connectivity index (χ0n) is 13.7. The molecule has 0 aliphatic carbocycles. The van der Waals surface area contributed by atoms with Gasteiger partial charge in [-0.05, 0) is 45.4 Å². The highest BCUT2D eigenvalue weighted by molar-refractivity contribution is 7.89. The standard InChI is InChI=1S/C17H21N3O2S/c1-12-4-6-16(7-5-12)23(21,22)20-9-8-15(11-20)17-18-13(2)10-14(3)19-17/h4-7,10,15H,8-9,11H2,1-3H3. The Bertz CT molecular complexity index is 796. The van der Waals surface area contributed by atoms with Gasteiger partial charge in [-0.2, -0.15) is 4.31 Å². The Morgan fingerprint density at radius 2 is 1.65 bits per heavy atom. The summed E-state index contributed by atoms with van der Waals surface area (Å²) in [4.78, 5) is 9.32. The third kappa shape index (κ3) is 3.28. The lowest BCUT2D eigenvalue weighted by Crippen LogP contribution is -2.28. The van der Waals surface area contributed by atoms with Crippen LogP contribution in [-0.4, -0.2) is 35.8 Å². The van der Waals surface area contributed by atoms with Gasteiger partial charge in [-0.3, -0.25) is 0 Å². The van der Waals surface area contributed by atoms with E-state index in [4.69, 9.17) is 0 Å². The molecule has 1 unspecified atom stereocenters. The van der Waals surface area contributed by atoms with E-state index in [0.717, 1.165) is 29.2 Å². The second kappa shape index (κ2) is 6.02. The number of rotatable bonds is 3. The van der Waals surface area contributed by atoms with Crippen LogP contribution in [0.25, 0.3) is 0 Å². The molecule has 1 aromatic heterocycles. The van der Waals surface area contributed by atoms with Gasteiger partial charge in [0, 0.05) is 30.4 Å². The van der Waals surface area contributed by atoms with Crippen molar-refractivity contribution >= 4 is 10.0 Å². The summed E-state index contributed by atoms with van der Waals surface area (Å²) in [7, 11) is -3.44. The Labute approximate surface area is 137 Å². The van der Waals surface area contributed by atoms with Gasteiger partial charge in [0.1, 0.15) is 5.82 Å². The molecule has 23 heavy (non-hydrogen) atoms. The van der Waals surface area contributed by atoms with Gasteiger partial charge < -0.3 is 0 Å². The maximum absolute atomic E-state index is 12.7. The Hall–Kier alpha value is -1.79. The van der Waals surface area contributed by atoms with E-state index in [0.29, 0.717) is 18.0 Å². The van der Waals surface area contributed by atoms with Crippen molar-refractivity contribution in [1.29, 1.82) is 0 Å². The largest absolute Gasteiger partial charge is 0.243 e. The van der Waals surface area contributed by atoms with Crippen LogP contribution in [0.5, 0.6) is 0 Å². The first-order valence-corrected chi connectivity index (χ1v) is 9.19. The average Bonchev–Trinajstić information content (AvgIpc) is 2.97. The highest BCUT2D eigenvalue weighted by Gasteiger charge is 2.34. The molecule has 3 rings (SSSR count). The van der Waals surface area contributed by atoms with Crippen molar-refractivity contribution in [1.82, 2.24) is 14.3 Å². The monoisotopic (exact) mass is 331 g/mol. The van der Waals surface area contributed by atoms with Crippen molar-refractivity contribution in [3.8, 4) is 0 Å². The minimum Gasteiger partial charge on any atom is -0.238 e. The van der Waals surface area contributed by atoms with E-state index in [1.165, 1.54) is 0 Å². The van der Waals surface area contributed by atoms with Crippen LogP contribution >= 0.6 is 0 Å². The summed E-state index contributed by atoms with van der Waals surface area (Å²) in [6.45, 7) is 6.78. The number of nitrogens with zero attached hydrogens (tertiary/aromatic N) is 3. The van der Waals surface area contributed by atoms with E-state index in [9.17, 15) is 8.42 Å². The number of hydrogen-bond acceptors (Lipinski definition) is 4. The third-order valence-electron chi connectivity index (χ3n) is 4.17. The molecule has 0 bridgehead atoms. The Kier molecular flexibility index (Phi) is 4.21. The molecular formula is C17H21N3O2S. The molecule has 0 spiro atoms. The summed E-state index contributed by atoms with van der Waals surface area (Å²) in [5.74, 6) is 0.818. The Morgan fingerprint density at radius 1 is 1.04 bits per heavy atom. The fourth-order valence-corrected chi connectivity index (χ4v) is 4.45. The zero-order chi connectivity index (χ0) is 16.6. The van der Waals surface area contributed by atoms with Crippen LogP contribution in [0.2, 0.25) is 0 Å². The number of aromatic nitrogens is 2. The van der Waals surface area contributed by atoms with Gasteiger partial charge in [-0.15, -0.1) is 0 Å². The number of hydrogen-bond donors (Lipinski definition) is 0. The smallest absolute Gasteiger partial charge is 0.238 e. The highest BCUT2D eigenvalue weighted by atomic mass is 32.2. The van der Waals surface area contributed by atoms with Crippen LogP contribution in [0.15, 0.2) is 35.2 Å². The van der Waals surface area contributed by atoms with E-state index in [2.05, 4.69) is 9.97 Å². The molecule has 0 radical (unpaired) electrons. The summed E-state index contributed by atoms with van der Waals surface area (Å²) < 4.78 is 27.0. The summed E-state index contributed by atoms with van der Waals surface area (Å²) in [6, 6.07) is 8.93. The molecular weight excluding hydrogens is 310 g/mol. The molecule has 0 saturated carbocycles. The molecule has 1 aliphatic rings. The van der Waals surface area contributed by atoms with E-state index < -0.39 is 10.0 Å². The summed E-state index contributed by atoms with van der Waals surface area (Å²) in [5, 5.41) is 0. The molecule has 1 atom stereocenters. The van der Waals surface area contributed by atoms with E-state index >= 15 is 0 Å². The maximum atomic E-state index is 12.7. The van der Waals surface area contributed by atoms with Crippen LogP contribution in [-0.2, 0) is 10.0 Å². The van der Waals surface area contributed by atoms with Gasteiger partial charge in [-0.25, -0.2) is 18.4 Å². The van der Waals surface area contributed by atoms with Crippen molar-refractivity contribution < 1.29 is 8.42 Å². The minimum absolute atomic E-state index is 0.0637. The molecule has 2 aromatic rings. The molecule has 5 nitrogen and oxygen atoms in total. The Morgan fingerprint density at radius 3 is 2.26 bits per heavy atom. The molecule has 122 valence electrons. The second-order valence-electron chi connectivity index (χ2n) is 6.17. The fraction of sp³-hybridized carbons (Fsp3) is 0.412. The minimum atomic E-state index is -3.44. The highest BCUT2D eigenvalue weighted by Crippen LogP contribution is 2.29. The quantitative estimate of drug-likeness (QED) is 0.867. The van der Waals surface area contributed by atoms with E-state index in [1.807, 2.05) is 39.0 Å². The summed E-state index contributed by atoms with van der Waals surface area (Å²) >= 11 is 0. The Balaban J connectivity index is 1.82. The average molecular weight is 331 g/mol. The van der Waals surface area contributed by atoms with Gasteiger partial charge in [0.05, 0.1) is 4.90 Å². The zero-order valence-corrected chi connectivity index (χ0v) is 14.5. The van der Waals surface area contributed by atoms with Crippen molar-refractivity contribution in [2.24, 2.45) is 0 Å². The lowest BCUT2D eigenvalue weighted by Gasteiger charge is -2.16. The van der Waals surface area contributed by atoms with Gasteiger partial charge in [0.2, 0.25) is 10.0 Å². The van der Waals surface area contributed by atoms with Crippen molar-refractivity contribution in [3.05, 3.63) is 53.1 Å². The van der Waals surface area contributed by atoms with Gasteiger partial charge in [0.25, 0.3) is 0 Å². The molecule has 0 N–H and O–H groups in total. The van der Waals surface area contributed by atoms with E-state index in [-0.39, 0.29) is 5.92 Å². The van der Waals surface area contributed by atoms with Crippen molar-refractivity contribution in [3.63, 3.8) is 0 Å². The molecule has 1 fully saturated rings. The van der Waals surface area contributed by atoms with Crippen LogP contribution < -0.4 is 0 Å². The first-order valence-electron chi connectivity index (χ1n) is 7.75. The molecule has 2 heterocycles. The molecule has 1 saturated heterocycles. The lowest BCUT2D eigenvalue weighted by atomic mass is 10.1. The first kappa shape index (κ1) is 16.1. The number of sulfonamides is 1. The first-order chi connectivity index (χ1) is 10.9. The normalized spacial score (nSPS) is 19.2. The molecule has 0 amide bonds. The summed E-state index contributed by atoms with van der Waals surface area (Å²) in [6.07, 6.45) is 0.758.